The number of hydrogen-bond donors (Lipinski definition) is 1. The molecule has 0 radical (unpaired) electrons. The Labute approximate surface area is 154 Å². The second kappa shape index (κ2) is 9.30. The zero-order chi connectivity index (χ0) is 18.2. The van der Waals surface area contributed by atoms with Gasteiger partial charge >= 0.3 is 0 Å². The summed E-state index contributed by atoms with van der Waals surface area (Å²) in [6.45, 7) is 3.83. The lowest BCUT2D eigenvalue weighted by Gasteiger charge is -2.26. The summed E-state index contributed by atoms with van der Waals surface area (Å²) >= 11 is 0. The van der Waals surface area contributed by atoms with Crippen molar-refractivity contribution in [1.29, 1.82) is 0 Å². The summed E-state index contributed by atoms with van der Waals surface area (Å²) in [5.74, 6) is -0.438. The van der Waals surface area contributed by atoms with Crippen molar-refractivity contribution in [3.8, 4) is 0 Å². The zero-order valence-electron chi connectivity index (χ0n) is 15.0. The first-order valence-corrected chi connectivity index (χ1v) is 9.21. The molecule has 0 unspecified atom stereocenters. The molecular formula is C22H25FN2O. The number of rotatable bonds is 6. The van der Waals surface area contributed by atoms with Crippen molar-refractivity contribution in [2.75, 3.05) is 13.1 Å². The third-order valence-electron chi connectivity index (χ3n) is 4.61. The van der Waals surface area contributed by atoms with Gasteiger partial charge in [0, 0.05) is 19.2 Å². The van der Waals surface area contributed by atoms with Crippen LogP contribution in [0.2, 0.25) is 0 Å². The first-order chi connectivity index (χ1) is 12.7. The Kier molecular flexibility index (Phi) is 6.56. The minimum Gasteiger partial charge on any atom is -0.348 e. The van der Waals surface area contributed by atoms with E-state index < -0.39 is 0 Å². The van der Waals surface area contributed by atoms with Gasteiger partial charge in [0.1, 0.15) is 5.82 Å². The number of carbonyl (C=O) groups excluding carboxylic acids is 1. The quantitative estimate of drug-likeness (QED) is 0.793. The van der Waals surface area contributed by atoms with E-state index in [0.29, 0.717) is 6.54 Å². The fraction of sp³-hybridized carbons (Fsp3) is 0.318. The van der Waals surface area contributed by atoms with Crippen molar-refractivity contribution in [2.45, 2.75) is 32.4 Å². The molecule has 3 nitrogen and oxygen atoms in total. The molecule has 26 heavy (non-hydrogen) atoms. The monoisotopic (exact) mass is 352 g/mol. The molecule has 1 aliphatic heterocycles. The molecule has 1 heterocycles. The van der Waals surface area contributed by atoms with Crippen LogP contribution in [0, 0.1) is 5.82 Å². The highest BCUT2D eigenvalue weighted by Gasteiger charge is 2.10. The summed E-state index contributed by atoms with van der Waals surface area (Å²) < 4.78 is 12.9. The Bertz CT molecular complexity index is 749. The molecule has 3 rings (SSSR count). The number of carbonyl (C=O) groups is 1. The van der Waals surface area contributed by atoms with Crippen LogP contribution in [0.3, 0.4) is 0 Å². The standard InChI is InChI=1S/C22H25FN2O/c23-21-10-7-18(8-11-21)9-12-22(26)24-16-19-5-4-6-20(15-19)17-25-13-2-1-3-14-25/h4-12,15H,1-3,13-14,16-17H2,(H,24,26)/b12-9+. The summed E-state index contributed by atoms with van der Waals surface area (Å²) in [4.78, 5) is 14.5. The molecule has 0 saturated carbocycles. The van der Waals surface area contributed by atoms with Crippen LogP contribution in [0.25, 0.3) is 6.08 Å². The molecule has 0 spiro atoms. The average molecular weight is 352 g/mol. The fourth-order valence-corrected chi connectivity index (χ4v) is 3.21. The zero-order valence-corrected chi connectivity index (χ0v) is 15.0. The molecule has 0 aromatic heterocycles. The molecule has 2 aromatic rings. The lowest BCUT2D eigenvalue weighted by atomic mass is 10.1. The second-order valence-corrected chi connectivity index (χ2v) is 6.76. The molecule has 0 bridgehead atoms. The van der Waals surface area contributed by atoms with E-state index in [1.807, 2.05) is 6.07 Å². The molecule has 1 fully saturated rings. The van der Waals surface area contributed by atoms with Crippen LogP contribution >= 0.6 is 0 Å². The highest BCUT2D eigenvalue weighted by atomic mass is 19.1. The largest absolute Gasteiger partial charge is 0.348 e. The highest BCUT2D eigenvalue weighted by Crippen LogP contribution is 2.14. The lowest BCUT2D eigenvalue weighted by Crippen LogP contribution is -2.29. The van der Waals surface area contributed by atoms with Crippen LogP contribution in [-0.2, 0) is 17.9 Å². The SMILES string of the molecule is O=C(/C=C/c1ccc(F)cc1)NCc1cccc(CN2CCCCC2)c1. The van der Waals surface area contributed by atoms with Gasteiger partial charge in [-0.15, -0.1) is 0 Å². The van der Waals surface area contributed by atoms with Gasteiger partial charge in [0.25, 0.3) is 0 Å². The predicted octanol–water partition coefficient (Wildman–Crippen LogP) is 4.14. The molecule has 1 saturated heterocycles. The van der Waals surface area contributed by atoms with Gasteiger partial charge in [-0.05, 0) is 60.8 Å². The van der Waals surface area contributed by atoms with Gasteiger partial charge in [-0.3, -0.25) is 9.69 Å². The van der Waals surface area contributed by atoms with Crippen molar-refractivity contribution in [2.24, 2.45) is 0 Å². The minimum absolute atomic E-state index is 0.157. The average Bonchev–Trinajstić information content (AvgIpc) is 2.67. The van der Waals surface area contributed by atoms with Crippen LogP contribution in [0.15, 0.2) is 54.6 Å². The molecule has 0 atom stereocenters. The maximum atomic E-state index is 12.9. The van der Waals surface area contributed by atoms with Gasteiger partial charge in [-0.1, -0.05) is 42.8 Å². The van der Waals surface area contributed by atoms with E-state index in [1.54, 1.807) is 18.2 Å². The number of halogens is 1. The van der Waals surface area contributed by atoms with Crippen molar-refractivity contribution in [3.63, 3.8) is 0 Å². The molecule has 0 aliphatic carbocycles. The Morgan fingerprint density at radius 3 is 2.54 bits per heavy atom. The van der Waals surface area contributed by atoms with Gasteiger partial charge in [-0.2, -0.15) is 0 Å². The van der Waals surface area contributed by atoms with Crippen molar-refractivity contribution in [3.05, 3.63) is 77.1 Å². The van der Waals surface area contributed by atoms with Gasteiger partial charge in [-0.25, -0.2) is 4.39 Å². The predicted molar refractivity (Wildman–Crippen MR) is 103 cm³/mol. The van der Waals surface area contributed by atoms with Crippen molar-refractivity contribution in [1.82, 2.24) is 10.2 Å². The molecule has 1 amide bonds. The summed E-state index contributed by atoms with van der Waals surface area (Å²) in [6, 6.07) is 14.4. The number of nitrogens with one attached hydrogen (secondary N) is 1. The summed E-state index contributed by atoms with van der Waals surface area (Å²) in [7, 11) is 0. The molecule has 1 aliphatic rings. The van der Waals surface area contributed by atoms with Crippen molar-refractivity contribution < 1.29 is 9.18 Å². The van der Waals surface area contributed by atoms with E-state index in [-0.39, 0.29) is 11.7 Å². The first-order valence-electron chi connectivity index (χ1n) is 9.21. The summed E-state index contributed by atoms with van der Waals surface area (Å²) in [6.07, 6.45) is 7.08. The van der Waals surface area contributed by atoms with Crippen LogP contribution in [-0.4, -0.2) is 23.9 Å². The maximum absolute atomic E-state index is 12.9. The van der Waals surface area contributed by atoms with Gasteiger partial charge in [0.2, 0.25) is 5.91 Å². The number of likely N-dealkylation sites (tertiary alicyclic amines) is 1. The molecular weight excluding hydrogens is 327 g/mol. The van der Waals surface area contributed by atoms with Gasteiger partial charge < -0.3 is 5.32 Å². The normalized spacial score (nSPS) is 15.3. The second-order valence-electron chi connectivity index (χ2n) is 6.76. The van der Waals surface area contributed by atoms with E-state index in [0.717, 1.165) is 17.7 Å². The van der Waals surface area contributed by atoms with E-state index in [2.05, 4.69) is 28.4 Å². The third-order valence-corrected chi connectivity index (χ3v) is 4.61. The maximum Gasteiger partial charge on any atom is 0.244 e. The summed E-state index contributed by atoms with van der Waals surface area (Å²) in [5, 5.41) is 2.90. The van der Waals surface area contributed by atoms with Gasteiger partial charge in [0.15, 0.2) is 0 Å². The van der Waals surface area contributed by atoms with E-state index >= 15 is 0 Å². The summed E-state index contributed by atoms with van der Waals surface area (Å²) in [5.41, 5.74) is 3.19. The van der Waals surface area contributed by atoms with Crippen LogP contribution in [0.5, 0.6) is 0 Å². The Balaban J connectivity index is 1.49. The van der Waals surface area contributed by atoms with Crippen LogP contribution in [0.1, 0.15) is 36.0 Å². The Hall–Kier alpha value is -2.46. The minimum atomic E-state index is -0.281. The number of amides is 1. The molecule has 2 aromatic carbocycles. The lowest BCUT2D eigenvalue weighted by molar-refractivity contribution is -0.116. The topological polar surface area (TPSA) is 32.3 Å². The third kappa shape index (κ3) is 5.81. The van der Waals surface area contributed by atoms with E-state index in [1.165, 1.54) is 56.1 Å². The van der Waals surface area contributed by atoms with Crippen LogP contribution in [0.4, 0.5) is 4.39 Å². The van der Waals surface area contributed by atoms with Crippen molar-refractivity contribution >= 4 is 12.0 Å². The Morgan fingerprint density at radius 2 is 1.77 bits per heavy atom. The van der Waals surface area contributed by atoms with E-state index in [9.17, 15) is 9.18 Å². The number of hydrogen-bond acceptors (Lipinski definition) is 2. The van der Waals surface area contributed by atoms with E-state index in [4.69, 9.17) is 0 Å². The Morgan fingerprint density at radius 1 is 1.04 bits per heavy atom. The molecule has 4 heteroatoms. The highest BCUT2D eigenvalue weighted by molar-refractivity contribution is 5.91. The molecule has 136 valence electrons. The number of benzene rings is 2. The first kappa shape index (κ1) is 18.3. The number of piperidine rings is 1. The van der Waals surface area contributed by atoms with Crippen LogP contribution < -0.4 is 5.32 Å². The molecule has 1 N–H and O–H groups in total. The smallest absolute Gasteiger partial charge is 0.244 e. The fourth-order valence-electron chi connectivity index (χ4n) is 3.21. The number of nitrogens with zero attached hydrogens (tertiary/aromatic N) is 1. The van der Waals surface area contributed by atoms with Gasteiger partial charge in [0.05, 0.1) is 0 Å².